The number of carbonyl (C=O) groups excluding carboxylic acids is 1. The van der Waals surface area contributed by atoms with Crippen molar-refractivity contribution in [2.24, 2.45) is 0 Å². The van der Waals surface area contributed by atoms with E-state index in [1.807, 2.05) is 0 Å². The molecular weight excluding hydrogens is 260 g/mol. The van der Waals surface area contributed by atoms with Gasteiger partial charge in [0.2, 0.25) is 0 Å². The van der Waals surface area contributed by atoms with Crippen LogP contribution in [0.4, 0.5) is 0 Å². The van der Waals surface area contributed by atoms with Crippen LogP contribution in [0.2, 0.25) is 0 Å². The standard InChI is InChI=1S/C15H14O5/c1-9(16)11-4-3-5-12(6-11)19-8-13-7-14(15(17)18)10(2)20-13/h3-7H,8H2,1-2H3,(H,17,18). The molecule has 1 heterocycles. The predicted molar refractivity (Wildman–Crippen MR) is 71.2 cm³/mol. The first-order valence-corrected chi connectivity index (χ1v) is 6.04. The van der Waals surface area contributed by atoms with E-state index in [1.54, 1.807) is 31.2 Å². The zero-order valence-corrected chi connectivity index (χ0v) is 11.2. The summed E-state index contributed by atoms with van der Waals surface area (Å²) in [4.78, 5) is 22.1. The van der Waals surface area contributed by atoms with E-state index in [0.29, 0.717) is 22.8 Å². The Morgan fingerprint density at radius 3 is 2.65 bits per heavy atom. The third-order valence-corrected chi connectivity index (χ3v) is 2.82. The Hall–Kier alpha value is -2.56. The first kappa shape index (κ1) is 13.9. The zero-order chi connectivity index (χ0) is 14.7. The van der Waals surface area contributed by atoms with Gasteiger partial charge in [-0.15, -0.1) is 0 Å². The van der Waals surface area contributed by atoms with Gasteiger partial charge in [-0.2, -0.15) is 0 Å². The lowest BCUT2D eigenvalue weighted by atomic mass is 10.1. The topological polar surface area (TPSA) is 76.7 Å². The second kappa shape index (κ2) is 5.61. The van der Waals surface area contributed by atoms with Gasteiger partial charge in [0.15, 0.2) is 5.78 Å². The van der Waals surface area contributed by atoms with Crippen LogP contribution < -0.4 is 4.74 Å². The first-order valence-electron chi connectivity index (χ1n) is 6.04. The van der Waals surface area contributed by atoms with Gasteiger partial charge < -0.3 is 14.3 Å². The monoisotopic (exact) mass is 274 g/mol. The van der Waals surface area contributed by atoms with E-state index in [2.05, 4.69) is 0 Å². The molecule has 1 aromatic heterocycles. The lowest BCUT2D eigenvalue weighted by Crippen LogP contribution is -1.97. The number of benzene rings is 1. The maximum atomic E-state index is 11.3. The second-order valence-electron chi connectivity index (χ2n) is 4.36. The average Bonchev–Trinajstić information content (AvgIpc) is 2.78. The van der Waals surface area contributed by atoms with Crippen molar-refractivity contribution in [1.82, 2.24) is 0 Å². The lowest BCUT2D eigenvalue weighted by molar-refractivity contribution is 0.0694. The van der Waals surface area contributed by atoms with Crippen LogP contribution in [0.5, 0.6) is 5.75 Å². The van der Waals surface area contributed by atoms with E-state index in [1.165, 1.54) is 13.0 Å². The molecular formula is C15H14O5. The van der Waals surface area contributed by atoms with E-state index in [0.717, 1.165) is 0 Å². The number of carboxylic acids is 1. The molecule has 1 aromatic carbocycles. The number of aromatic carboxylic acids is 1. The highest BCUT2D eigenvalue weighted by Gasteiger charge is 2.14. The maximum absolute atomic E-state index is 11.3. The fourth-order valence-electron chi connectivity index (χ4n) is 1.79. The Balaban J connectivity index is 2.09. The zero-order valence-electron chi connectivity index (χ0n) is 11.2. The van der Waals surface area contributed by atoms with Crippen LogP contribution >= 0.6 is 0 Å². The van der Waals surface area contributed by atoms with Gasteiger partial charge in [-0.3, -0.25) is 4.79 Å². The van der Waals surface area contributed by atoms with E-state index < -0.39 is 5.97 Å². The summed E-state index contributed by atoms with van der Waals surface area (Å²) in [6, 6.07) is 8.22. The third kappa shape index (κ3) is 3.06. The molecule has 20 heavy (non-hydrogen) atoms. The molecule has 0 saturated carbocycles. The molecule has 0 fully saturated rings. The Labute approximate surface area is 115 Å². The number of furan rings is 1. The Kier molecular flexibility index (Phi) is 3.89. The SMILES string of the molecule is CC(=O)c1cccc(OCc2cc(C(=O)O)c(C)o2)c1. The van der Waals surface area contributed by atoms with E-state index in [9.17, 15) is 9.59 Å². The Morgan fingerprint density at radius 1 is 1.30 bits per heavy atom. The number of hydrogen-bond acceptors (Lipinski definition) is 4. The number of carboxylic acid groups (broad SMARTS) is 1. The molecule has 0 saturated heterocycles. The third-order valence-electron chi connectivity index (χ3n) is 2.82. The van der Waals surface area contributed by atoms with Crippen LogP contribution in [0.15, 0.2) is 34.7 Å². The summed E-state index contributed by atoms with van der Waals surface area (Å²) in [6.07, 6.45) is 0. The summed E-state index contributed by atoms with van der Waals surface area (Å²) < 4.78 is 10.8. The highest BCUT2D eigenvalue weighted by Crippen LogP contribution is 2.19. The van der Waals surface area contributed by atoms with Crippen LogP contribution in [0.25, 0.3) is 0 Å². The molecule has 0 amide bonds. The van der Waals surface area contributed by atoms with Gasteiger partial charge in [0.05, 0.1) is 0 Å². The minimum absolute atomic E-state index is 0.0440. The largest absolute Gasteiger partial charge is 0.486 e. The number of carbonyl (C=O) groups is 2. The molecule has 104 valence electrons. The van der Waals surface area contributed by atoms with E-state index in [-0.39, 0.29) is 18.0 Å². The fraction of sp³-hybridized carbons (Fsp3) is 0.200. The highest BCUT2D eigenvalue weighted by molar-refractivity contribution is 5.94. The van der Waals surface area contributed by atoms with E-state index in [4.69, 9.17) is 14.3 Å². The van der Waals surface area contributed by atoms with Gasteiger partial charge in [-0.25, -0.2) is 4.79 Å². The summed E-state index contributed by atoms with van der Waals surface area (Å²) in [5.74, 6) is 0.221. The van der Waals surface area contributed by atoms with Crippen molar-refractivity contribution in [1.29, 1.82) is 0 Å². The molecule has 0 unspecified atom stereocenters. The second-order valence-corrected chi connectivity index (χ2v) is 4.36. The molecule has 0 radical (unpaired) electrons. The number of ether oxygens (including phenoxy) is 1. The average molecular weight is 274 g/mol. The van der Waals surface area contributed by atoms with Crippen LogP contribution in [0.1, 0.15) is 39.2 Å². The normalized spacial score (nSPS) is 10.3. The minimum atomic E-state index is -1.03. The van der Waals surface area contributed by atoms with Gasteiger partial charge in [-0.1, -0.05) is 12.1 Å². The Bertz CT molecular complexity index is 654. The predicted octanol–water partition coefficient (Wildman–Crippen LogP) is 3.07. The summed E-state index contributed by atoms with van der Waals surface area (Å²) in [6.45, 7) is 3.17. The van der Waals surface area contributed by atoms with Crippen molar-refractivity contribution < 1.29 is 23.8 Å². The summed E-state index contributed by atoms with van der Waals surface area (Å²) >= 11 is 0. The van der Waals surface area contributed by atoms with Crippen molar-refractivity contribution >= 4 is 11.8 Å². The minimum Gasteiger partial charge on any atom is -0.486 e. The molecule has 0 aliphatic carbocycles. The molecule has 0 aliphatic heterocycles. The van der Waals surface area contributed by atoms with Gasteiger partial charge in [-0.05, 0) is 32.0 Å². The number of aryl methyl sites for hydroxylation is 1. The molecule has 5 heteroatoms. The highest BCUT2D eigenvalue weighted by atomic mass is 16.5. The molecule has 0 spiro atoms. The summed E-state index contributed by atoms with van der Waals surface area (Å²) in [5, 5.41) is 8.92. The summed E-state index contributed by atoms with van der Waals surface area (Å²) in [7, 11) is 0. The number of Topliss-reactive ketones (excluding diaryl/α,β-unsaturated/α-hetero) is 1. The smallest absolute Gasteiger partial charge is 0.339 e. The maximum Gasteiger partial charge on any atom is 0.339 e. The molecule has 0 bridgehead atoms. The van der Waals surface area contributed by atoms with Gasteiger partial charge in [0.1, 0.15) is 29.4 Å². The molecule has 5 nitrogen and oxygen atoms in total. The first-order chi connectivity index (χ1) is 9.47. The van der Waals surface area contributed by atoms with Crippen LogP contribution in [-0.4, -0.2) is 16.9 Å². The van der Waals surface area contributed by atoms with Crippen molar-refractivity contribution in [3.8, 4) is 5.75 Å². The fourth-order valence-corrected chi connectivity index (χ4v) is 1.79. The molecule has 2 aromatic rings. The molecule has 0 aliphatic rings. The molecule has 0 atom stereocenters. The number of rotatable bonds is 5. The van der Waals surface area contributed by atoms with Crippen LogP contribution in [0, 0.1) is 6.92 Å². The van der Waals surface area contributed by atoms with Gasteiger partial charge in [0.25, 0.3) is 0 Å². The summed E-state index contributed by atoms with van der Waals surface area (Å²) in [5.41, 5.74) is 0.686. The van der Waals surface area contributed by atoms with Crippen molar-refractivity contribution in [2.75, 3.05) is 0 Å². The van der Waals surface area contributed by atoms with E-state index >= 15 is 0 Å². The number of hydrogen-bond donors (Lipinski definition) is 1. The van der Waals surface area contributed by atoms with Crippen LogP contribution in [0.3, 0.4) is 0 Å². The molecule has 2 rings (SSSR count). The number of ketones is 1. The van der Waals surface area contributed by atoms with Gasteiger partial charge in [0, 0.05) is 5.56 Å². The van der Waals surface area contributed by atoms with Crippen LogP contribution in [-0.2, 0) is 6.61 Å². The Morgan fingerprint density at radius 2 is 2.05 bits per heavy atom. The van der Waals surface area contributed by atoms with Crippen molar-refractivity contribution in [3.05, 3.63) is 53.0 Å². The van der Waals surface area contributed by atoms with Crippen molar-refractivity contribution in [3.63, 3.8) is 0 Å². The molecule has 1 N–H and O–H groups in total. The van der Waals surface area contributed by atoms with Crippen molar-refractivity contribution in [2.45, 2.75) is 20.5 Å². The quantitative estimate of drug-likeness (QED) is 0.848. The lowest BCUT2D eigenvalue weighted by Gasteiger charge is -2.05. The van der Waals surface area contributed by atoms with Gasteiger partial charge >= 0.3 is 5.97 Å².